The van der Waals surface area contributed by atoms with Crippen molar-refractivity contribution in [1.82, 2.24) is 14.8 Å². The Morgan fingerprint density at radius 1 is 1.03 bits per heavy atom. The molecule has 3 aromatic rings. The third kappa shape index (κ3) is 4.47. The van der Waals surface area contributed by atoms with Gasteiger partial charge in [0, 0.05) is 22.6 Å². The van der Waals surface area contributed by atoms with E-state index < -0.39 is 18.1 Å². The number of urea groups is 1. The van der Waals surface area contributed by atoms with E-state index >= 15 is 0 Å². The second-order valence-corrected chi connectivity index (χ2v) is 8.20. The number of hydrogen-bond donors (Lipinski definition) is 1. The number of amides is 3. The number of imide groups is 1. The molecule has 1 fully saturated rings. The fraction of sp³-hybridized carbons (Fsp3) is 0.231. The average molecular weight is 460 g/mol. The molecule has 0 saturated carbocycles. The van der Waals surface area contributed by atoms with Crippen LogP contribution in [0.2, 0.25) is 0 Å². The van der Waals surface area contributed by atoms with Gasteiger partial charge < -0.3 is 14.6 Å². The van der Waals surface area contributed by atoms with Gasteiger partial charge >= 0.3 is 12.0 Å². The number of carbonyl (C=O) groups is 4. The number of benzene rings is 2. The molecule has 174 valence electrons. The van der Waals surface area contributed by atoms with Crippen molar-refractivity contribution < 1.29 is 23.9 Å². The fourth-order valence-electron chi connectivity index (χ4n) is 4.03. The monoisotopic (exact) mass is 459 g/mol. The lowest BCUT2D eigenvalue weighted by Crippen LogP contribution is -2.30. The molecule has 0 spiro atoms. The Morgan fingerprint density at radius 3 is 2.32 bits per heavy atom. The van der Waals surface area contributed by atoms with Crippen LogP contribution in [0.5, 0.6) is 0 Å². The molecule has 8 nitrogen and oxygen atoms in total. The summed E-state index contributed by atoms with van der Waals surface area (Å²) in [7, 11) is 0. The highest BCUT2D eigenvalue weighted by Gasteiger charge is 2.28. The molecule has 8 heteroatoms. The Balaban J connectivity index is 1.43. The van der Waals surface area contributed by atoms with Crippen molar-refractivity contribution in [3.05, 3.63) is 88.7 Å². The second kappa shape index (κ2) is 9.35. The molecule has 0 unspecified atom stereocenters. The van der Waals surface area contributed by atoms with Gasteiger partial charge in [0.15, 0.2) is 6.10 Å². The summed E-state index contributed by atoms with van der Waals surface area (Å²) in [6.07, 6.45) is -0.970. The maximum atomic E-state index is 13.1. The molecular formula is C26H25N3O5. The molecule has 1 aromatic heterocycles. The van der Waals surface area contributed by atoms with Gasteiger partial charge in [0.2, 0.25) is 11.7 Å². The number of Topliss-reactive ketones (excluding diaryl/α,β-unsaturated/α-hetero) is 1. The summed E-state index contributed by atoms with van der Waals surface area (Å²) in [5.41, 5.74) is 4.11. The highest BCUT2D eigenvalue weighted by Crippen LogP contribution is 2.23. The highest BCUT2D eigenvalue weighted by molar-refractivity contribution is 6.03. The van der Waals surface area contributed by atoms with Crippen molar-refractivity contribution in [2.45, 2.75) is 33.4 Å². The van der Waals surface area contributed by atoms with Crippen LogP contribution in [-0.2, 0) is 16.1 Å². The Labute approximate surface area is 197 Å². The molecule has 34 heavy (non-hydrogen) atoms. The molecule has 0 bridgehead atoms. The van der Waals surface area contributed by atoms with Gasteiger partial charge in [-0.3, -0.25) is 14.5 Å². The van der Waals surface area contributed by atoms with Crippen molar-refractivity contribution in [2.24, 2.45) is 0 Å². The summed E-state index contributed by atoms with van der Waals surface area (Å²) in [6, 6.07) is 17.5. The van der Waals surface area contributed by atoms with Crippen LogP contribution >= 0.6 is 0 Å². The smallest absolute Gasteiger partial charge is 0.338 e. The number of hydrogen-bond acceptors (Lipinski definition) is 5. The number of carbonyl (C=O) groups excluding carboxylic acids is 4. The van der Waals surface area contributed by atoms with Crippen LogP contribution in [0.25, 0.3) is 5.69 Å². The van der Waals surface area contributed by atoms with Gasteiger partial charge in [-0.2, -0.15) is 0 Å². The minimum absolute atomic E-state index is 0.0110. The van der Waals surface area contributed by atoms with E-state index in [2.05, 4.69) is 5.32 Å². The number of nitrogens with one attached hydrogen (secondary N) is 1. The van der Waals surface area contributed by atoms with Gasteiger partial charge in [-0.25, -0.2) is 9.59 Å². The maximum absolute atomic E-state index is 13.1. The van der Waals surface area contributed by atoms with Gasteiger partial charge in [-0.05, 0) is 56.7 Å². The maximum Gasteiger partial charge on any atom is 0.338 e. The van der Waals surface area contributed by atoms with Crippen LogP contribution < -0.4 is 5.32 Å². The van der Waals surface area contributed by atoms with Crippen LogP contribution in [-0.4, -0.2) is 45.8 Å². The lowest BCUT2D eigenvalue weighted by Gasteiger charge is -2.14. The summed E-state index contributed by atoms with van der Waals surface area (Å²) in [5, 5.41) is 2.46. The summed E-state index contributed by atoms with van der Waals surface area (Å²) >= 11 is 0. The van der Waals surface area contributed by atoms with Crippen molar-refractivity contribution in [3.8, 4) is 5.69 Å². The zero-order valence-electron chi connectivity index (χ0n) is 19.2. The Morgan fingerprint density at radius 2 is 1.71 bits per heavy atom. The van der Waals surface area contributed by atoms with E-state index in [0.29, 0.717) is 11.1 Å². The Bertz CT molecular complexity index is 1250. The number of esters is 1. The number of aryl methyl sites for hydroxylation is 1. The molecule has 1 aliphatic rings. The standard InChI is InChI=1S/C26H25N3O5/c1-16-13-22(17(2)29(16)21-7-5-4-6-8-21)24(31)18(3)34-25(32)20-11-9-19(10-12-20)15-28-23(30)14-27-26(28)33/h4-13,18H,14-15H2,1-3H3,(H,27,33)/t18-/m1/s1. The van der Waals surface area contributed by atoms with E-state index in [0.717, 1.165) is 22.0 Å². The highest BCUT2D eigenvalue weighted by atomic mass is 16.5. The fourth-order valence-corrected chi connectivity index (χ4v) is 4.03. The number of aromatic nitrogens is 1. The SMILES string of the molecule is Cc1cc(C(=O)[C@@H](C)OC(=O)c2ccc(CN3C(=O)CNC3=O)cc2)c(C)n1-c1ccccc1. The summed E-state index contributed by atoms with van der Waals surface area (Å²) < 4.78 is 7.44. The third-order valence-corrected chi connectivity index (χ3v) is 5.83. The lowest BCUT2D eigenvalue weighted by molar-refractivity contribution is -0.125. The number of ether oxygens (including phenoxy) is 1. The minimum Gasteiger partial charge on any atom is -0.451 e. The van der Waals surface area contributed by atoms with Gasteiger partial charge in [0.05, 0.1) is 18.7 Å². The van der Waals surface area contributed by atoms with E-state index in [1.54, 1.807) is 37.3 Å². The van der Waals surface area contributed by atoms with E-state index in [9.17, 15) is 19.2 Å². The number of rotatable bonds is 7. The molecular weight excluding hydrogens is 434 g/mol. The van der Waals surface area contributed by atoms with Gasteiger partial charge in [-0.15, -0.1) is 0 Å². The molecule has 1 N–H and O–H groups in total. The van der Waals surface area contributed by atoms with Gasteiger partial charge in [0.1, 0.15) is 0 Å². The first kappa shape index (κ1) is 23.0. The van der Waals surface area contributed by atoms with Crippen molar-refractivity contribution >= 4 is 23.7 Å². The van der Waals surface area contributed by atoms with Crippen LogP contribution in [0.3, 0.4) is 0 Å². The minimum atomic E-state index is -0.970. The van der Waals surface area contributed by atoms with Crippen LogP contribution in [0.4, 0.5) is 4.79 Å². The molecule has 2 heterocycles. The Kier molecular flexibility index (Phi) is 6.32. The molecule has 0 aliphatic carbocycles. The van der Waals surface area contributed by atoms with E-state index in [-0.39, 0.29) is 30.3 Å². The third-order valence-electron chi connectivity index (χ3n) is 5.83. The first-order valence-corrected chi connectivity index (χ1v) is 10.9. The van der Waals surface area contributed by atoms with E-state index in [1.165, 1.54) is 0 Å². The number of ketones is 1. The zero-order valence-corrected chi connectivity index (χ0v) is 19.2. The molecule has 2 aromatic carbocycles. The molecule has 3 amide bonds. The Hall–Kier alpha value is -4.20. The van der Waals surface area contributed by atoms with Crippen molar-refractivity contribution in [2.75, 3.05) is 6.54 Å². The van der Waals surface area contributed by atoms with Crippen LogP contribution in [0, 0.1) is 13.8 Å². The second-order valence-electron chi connectivity index (χ2n) is 8.20. The first-order valence-electron chi connectivity index (χ1n) is 10.9. The van der Waals surface area contributed by atoms with E-state index in [4.69, 9.17) is 4.74 Å². The predicted molar refractivity (Wildman–Crippen MR) is 125 cm³/mol. The largest absolute Gasteiger partial charge is 0.451 e. The van der Waals surface area contributed by atoms with Crippen LogP contribution in [0.15, 0.2) is 60.7 Å². The first-order chi connectivity index (χ1) is 16.3. The molecule has 1 aliphatic heterocycles. The number of nitrogens with zero attached hydrogens (tertiary/aromatic N) is 2. The normalized spacial score (nSPS) is 14.1. The zero-order chi connectivity index (χ0) is 24.4. The van der Waals surface area contributed by atoms with Gasteiger partial charge in [0.25, 0.3) is 0 Å². The van der Waals surface area contributed by atoms with Gasteiger partial charge in [-0.1, -0.05) is 30.3 Å². The molecule has 4 rings (SSSR count). The summed E-state index contributed by atoms with van der Waals surface area (Å²) in [5.74, 6) is -1.20. The molecule has 1 atom stereocenters. The predicted octanol–water partition coefficient (Wildman–Crippen LogP) is 3.57. The summed E-state index contributed by atoms with van der Waals surface area (Å²) in [4.78, 5) is 50.2. The molecule has 1 saturated heterocycles. The lowest BCUT2D eigenvalue weighted by atomic mass is 10.1. The number of para-hydroxylation sites is 1. The molecule has 0 radical (unpaired) electrons. The quantitative estimate of drug-likeness (QED) is 0.331. The van der Waals surface area contributed by atoms with Crippen molar-refractivity contribution in [3.63, 3.8) is 0 Å². The topological polar surface area (TPSA) is 97.7 Å². The van der Waals surface area contributed by atoms with E-state index in [1.807, 2.05) is 48.7 Å². The van der Waals surface area contributed by atoms with Crippen LogP contribution in [0.1, 0.15) is 44.6 Å². The average Bonchev–Trinajstić information content (AvgIpc) is 3.31. The summed E-state index contributed by atoms with van der Waals surface area (Å²) in [6.45, 7) is 5.45. The van der Waals surface area contributed by atoms with Crippen molar-refractivity contribution in [1.29, 1.82) is 0 Å².